The second-order valence-electron chi connectivity index (χ2n) is 5.02. The molecule has 0 aliphatic heterocycles. The molecule has 0 spiro atoms. The quantitative estimate of drug-likeness (QED) is 0.770. The van der Waals surface area contributed by atoms with E-state index < -0.39 is 5.97 Å². The summed E-state index contributed by atoms with van der Waals surface area (Å²) in [5.41, 5.74) is 2.37. The monoisotopic (exact) mass is 217 g/mol. The SMILES string of the molecule is CC(C)(C)c1ccc2[nH]cc(C(=O)O)c2c1. The normalized spacial score (nSPS) is 11.9. The minimum atomic E-state index is -0.891. The molecule has 0 bridgehead atoms. The summed E-state index contributed by atoms with van der Waals surface area (Å²) >= 11 is 0. The topological polar surface area (TPSA) is 53.1 Å². The van der Waals surface area contributed by atoms with Crippen LogP contribution in [-0.2, 0) is 5.41 Å². The molecule has 0 saturated carbocycles. The number of carboxylic acid groups (broad SMARTS) is 1. The molecular weight excluding hydrogens is 202 g/mol. The molecule has 0 atom stereocenters. The van der Waals surface area contributed by atoms with Gasteiger partial charge >= 0.3 is 5.97 Å². The van der Waals surface area contributed by atoms with Gasteiger partial charge in [-0.3, -0.25) is 0 Å². The smallest absolute Gasteiger partial charge is 0.337 e. The molecule has 1 aromatic heterocycles. The van der Waals surface area contributed by atoms with Crippen LogP contribution in [0.2, 0.25) is 0 Å². The lowest BCUT2D eigenvalue weighted by molar-refractivity contribution is 0.0699. The van der Waals surface area contributed by atoms with Gasteiger partial charge in [-0.25, -0.2) is 4.79 Å². The third-order valence-corrected chi connectivity index (χ3v) is 2.78. The highest BCUT2D eigenvalue weighted by atomic mass is 16.4. The van der Waals surface area contributed by atoms with Crippen molar-refractivity contribution in [3.8, 4) is 0 Å². The first-order valence-electron chi connectivity index (χ1n) is 5.24. The number of rotatable bonds is 1. The highest BCUT2D eigenvalue weighted by molar-refractivity contribution is 6.03. The number of aromatic amines is 1. The predicted octanol–water partition coefficient (Wildman–Crippen LogP) is 3.16. The zero-order valence-electron chi connectivity index (χ0n) is 9.66. The van der Waals surface area contributed by atoms with Crippen LogP contribution in [0.15, 0.2) is 24.4 Å². The van der Waals surface area contributed by atoms with Crippen LogP contribution in [0.1, 0.15) is 36.7 Å². The highest BCUT2D eigenvalue weighted by Crippen LogP contribution is 2.27. The molecule has 0 aliphatic rings. The molecular formula is C13H15NO2. The van der Waals surface area contributed by atoms with Gasteiger partial charge < -0.3 is 10.1 Å². The Bertz CT molecular complexity index is 547. The summed E-state index contributed by atoms with van der Waals surface area (Å²) in [5.74, 6) is -0.891. The van der Waals surface area contributed by atoms with Crippen molar-refractivity contribution in [2.24, 2.45) is 0 Å². The van der Waals surface area contributed by atoms with E-state index in [4.69, 9.17) is 5.11 Å². The van der Waals surface area contributed by atoms with Gasteiger partial charge in [0.2, 0.25) is 0 Å². The van der Waals surface area contributed by atoms with E-state index in [0.29, 0.717) is 5.56 Å². The molecule has 2 aromatic rings. The van der Waals surface area contributed by atoms with Crippen LogP contribution in [0.4, 0.5) is 0 Å². The third-order valence-electron chi connectivity index (χ3n) is 2.78. The summed E-state index contributed by atoms with van der Waals surface area (Å²) in [6, 6.07) is 5.92. The molecule has 0 aliphatic carbocycles. The van der Waals surface area contributed by atoms with Gasteiger partial charge in [-0.05, 0) is 23.1 Å². The van der Waals surface area contributed by atoms with Crippen molar-refractivity contribution < 1.29 is 9.90 Å². The zero-order valence-corrected chi connectivity index (χ0v) is 9.66. The standard InChI is InChI=1S/C13H15NO2/c1-13(2,3)8-4-5-11-9(6-8)10(7-14-11)12(15)16/h4-7,14H,1-3H3,(H,15,16). The van der Waals surface area contributed by atoms with Gasteiger partial charge in [-0.1, -0.05) is 26.8 Å². The van der Waals surface area contributed by atoms with Gasteiger partial charge in [0.05, 0.1) is 5.56 Å². The van der Waals surface area contributed by atoms with Crippen molar-refractivity contribution in [2.45, 2.75) is 26.2 Å². The molecule has 1 heterocycles. The zero-order chi connectivity index (χ0) is 11.9. The van der Waals surface area contributed by atoms with Crippen molar-refractivity contribution in [1.82, 2.24) is 4.98 Å². The van der Waals surface area contributed by atoms with Crippen molar-refractivity contribution >= 4 is 16.9 Å². The molecule has 84 valence electrons. The Balaban J connectivity index is 2.68. The minimum absolute atomic E-state index is 0.0290. The first-order valence-corrected chi connectivity index (χ1v) is 5.24. The van der Waals surface area contributed by atoms with E-state index in [0.717, 1.165) is 16.5 Å². The van der Waals surface area contributed by atoms with E-state index >= 15 is 0 Å². The van der Waals surface area contributed by atoms with Gasteiger partial charge in [0.15, 0.2) is 0 Å². The fourth-order valence-electron chi connectivity index (χ4n) is 1.76. The largest absolute Gasteiger partial charge is 0.478 e. The number of aromatic carboxylic acids is 1. The van der Waals surface area contributed by atoms with E-state index in [-0.39, 0.29) is 5.41 Å². The Kier molecular flexibility index (Phi) is 2.26. The van der Waals surface area contributed by atoms with Gasteiger partial charge in [0.1, 0.15) is 0 Å². The Hall–Kier alpha value is -1.77. The Labute approximate surface area is 94.1 Å². The number of nitrogens with one attached hydrogen (secondary N) is 1. The maximum absolute atomic E-state index is 11.0. The van der Waals surface area contributed by atoms with E-state index in [1.807, 2.05) is 18.2 Å². The van der Waals surface area contributed by atoms with Crippen LogP contribution in [0.25, 0.3) is 10.9 Å². The summed E-state index contributed by atoms with van der Waals surface area (Å²) in [4.78, 5) is 14.0. The molecule has 0 amide bonds. The van der Waals surface area contributed by atoms with Gasteiger partial charge in [-0.2, -0.15) is 0 Å². The first kappa shape index (κ1) is 10.7. The average molecular weight is 217 g/mol. The molecule has 0 fully saturated rings. The predicted molar refractivity (Wildman–Crippen MR) is 64.0 cm³/mol. The second kappa shape index (κ2) is 3.37. The first-order chi connectivity index (χ1) is 7.39. The average Bonchev–Trinajstić information content (AvgIpc) is 2.58. The number of aromatic nitrogens is 1. The van der Waals surface area contributed by atoms with Gasteiger partial charge in [0, 0.05) is 17.1 Å². The number of hydrogen-bond donors (Lipinski definition) is 2. The van der Waals surface area contributed by atoms with Crippen molar-refractivity contribution in [3.05, 3.63) is 35.5 Å². The maximum Gasteiger partial charge on any atom is 0.337 e. The lowest BCUT2D eigenvalue weighted by Gasteiger charge is -2.18. The van der Waals surface area contributed by atoms with Crippen molar-refractivity contribution in [1.29, 1.82) is 0 Å². The fraction of sp³-hybridized carbons (Fsp3) is 0.308. The summed E-state index contributed by atoms with van der Waals surface area (Å²) in [5, 5.41) is 9.82. The summed E-state index contributed by atoms with van der Waals surface area (Å²) < 4.78 is 0. The lowest BCUT2D eigenvalue weighted by atomic mass is 9.86. The van der Waals surface area contributed by atoms with E-state index in [1.54, 1.807) is 6.20 Å². The van der Waals surface area contributed by atoms with Crippen LogP contribution in [0, 0.1) is 0 Å². The number of H-pyrrole nitrogens is 1. The molecule has 3 nitrogen and oxygen atoms in total. The minimum Gasteiger partial charge on any atom is -0.478 e. The van der Waals surface area contributed by atoms with Crippen LogP contribution in [0.5, 0.6) is 0 Å². The molecule has 2 rings (SSSR count). The van der Waals surface area contributed by atoms with Crippen molar-refractivity contribution in [3.63, 3.8) is 0 Å². The van der Waals surface area contributed by atoms with Crippen molar-refractivity contribution in [2.75, 3.05) is 0 Å². The van der Waals surface area contributed by atoms with E-state index in [1.165, 1.54) is 0 Å². The van der Waals surface area contributed by atoms with Crippen LogP contribution < -0.4 is 0 Å². The summed E-state index contributed by atoms with van der Waals surface area (Å²) in [6.07, 6.45) is 1.54. The second-order valence-corrected chi connectivity index (χ2v) is 5.02. The van der Waals surface area contributed by atoms with E-state index in [9.17, 15) is 4.79 Å². The molecule has 3 heteroatoms. The number of hydrogen-bond acceptors (Lipinski definition) is 1. The third kappa shape index (κ3) is 1.69. The maximum atomic E-state index is 11.0. The van der Waals surface area contributed by atoms with Crippen LogP contribution in [-0.4, -0.2) is 16.1 Å². The lowest BCUT2D eigenvalue weighted by Crippen LogP contribution is -2.10. The number of carbonyl (C=O) groups is 1. The Morgan fingerprint density at radius 2 is 2.00 bits per heavy atom. The van der Waals surface area contributed by atoms with Crippen LogP contribution >= 0.6 is 0 Å². The fourth-order valence-corrected chi connectivity index (χ4v) is 1.76. The molecule has 2 N–H and O–H groups in total. The highest BCUT2D eigenvalue weighted by Gasteiger charge is 2.16. The van der Waals surface area contributed by atoms with Gasteiger partial charge in [0.25, 0.3) is 0 Å². The Morgan fingerprint density at radius 3 is 2.56 bits per heavy atom. The summed E-state index contributed by atoms with van der Waals surface area (Å²) in [7, 11) is 0. The van der Waals surface area contributed by atoms with Crippen LogP contribution in [0.3, 0.4) is 0 Å². The Morgan fingerprint density at radius 1 is 1.31 bits per heavy atom. The number of fused-ring (bicyclic) bond motifs is 1. The molecule has 0 unspecified atom stereocenters. The summed E-state index contributed by atoms with van der Waals surface area (Å²) in [6.45, 7) is 6.34. The molecule has 0 radical (unpaired) electrons. The van der Waals surface area contributed by atoms with E-state index in [2.05, 4.69) is 25.8 Å². The van der Waals surface area contributed by atoms with Gasteiger partial charge in [-0.15, -0.1) is 0 Å². The molecule has 16 heavy (non-hydrogen) atoms. The molecule has 1 aromatic carbocycles. The number of carboxylic acids is 1. The molecule has 0 saturated heterocycles. The number of benzene rings is 1.